The van der Waals surface area contributed by atoms with Crippen molar-refractivity contribution < 1.29 is 0 Å². The highest BCUT2D eigenvalue weighted by atomic mass is 32.2. The van der Waals surface area contributed by atoms with Crippen LogP contribution in [0.2, 0.25) is 0 Å². The second-order valence-corrected chi connectivity index (χ2v) is 6.19. The maximum atomic E-state index is 9.55. The summed E-state index contributed by atoms with van der Waals surface area (Å²) in [6, 6.07) is 14.6. The van der Waals surface area contributed by atoms with E-state index in [9.17, 15) is 5.26 Å². The molecule has 22 heavy (non-hydrogen) atoms. The lowest BCUT2D eigenvalue weighted by Crippen LogP contribution is -2.10. The van der Waals surface area contributed by atoms with Crippen molar-refractivity contribution in [3.63, 3.8) is 0 Å². The van der Waals surface area contributed by atoms with Gasteiger partial charge in [-0.15, -0.1) is 0 Å². The Hall–Kier alpha value is -2.30. The highest BCUT2D eigenvalue weighted by Gasteiger charge is 2.22. The number of hydrogen-bond donors (Lipinski definition) is 0. The van der Waals surface area contributed by atoms with Crippen LogP contribution in [-0.2, 0) is 12.8 Å². The minimum Gasteiger partial charge on any atom is -0.240 e. The Morgan fingerprint density at radius 2 is 1.77 bits per heavy atom. The zero-order valence-corrected chi connectivity index (χ0v) is 13.0. The minimum atomic E-state index is 0.314. The van der Waals surface area contributed by atoms with E-state index in [-0.39, 0.29) is 0 Å². The van der Waals surface area contributed by atoms with Crippen molar-refractivity contribution in [2.24, 2.45) is 0 Å². The van der Waals surface area contributed by atoms with E-state index in [0.29, 0.717) is 16.3 Å². The summed E-state index contributed by atoms with van der Waals surface area (Å²) in [5.74, 6) is 0.314. The number of pyridine rings is 1. The van der Waals surface area contributed by atoms with Crippen molar-refractivity contribution in [3.8, 4) is 23.4 Å². The largest absolute Gasteiger partial charge is 0.240 e. The number of aromatic nitrogens is 1. The van der Waals surface area contributed by atoms with E-state index in [1.807, 2.05) is 18.2 Å². The lowest BCUT2D eigenvalue weighted by Gasteiger charge is -2.21. The van der Waals surface area contributed by atoms with E-state index in [1.165, 1.54) is 17.3 Å². The van der Waals surface area contributed by atoms with Crippen LogP contribution >= 0.6 is 11.8 Å². The van der Waals surface area contributed by atoms with Gasteiger partial charge >= 0.3 is 0 Å². The quantitative estimate of drug-likeness (QED) is 0.800. The van der Waals surface area contributed by atoms with Gasteiger partial charge in [0.2, 0.25) is 0 Å². The van der Waals surface area contributed by atoms with Crippen LogP contribution in [0, 0.1) is 22.7 Å². The maximum absolute atomic E-state index is 9.55. The molecule has 0 amide bonds. The summed E-state index contributed by atoms with van der Waals surface area (Å²) in [4.78, 5) is 4.75. The number of rotatable bonds is 3. The third-order valence-electron chi connectivity index (χ3n) is 3.92. The van der Waals surface area contributed by atoms with Gasteiger partial charge in [0.15, 0.2) is 0 Å². The maximum Gasteiger partial charge on any atom is 0.116 e. The third-order valence-corrected chi connectivity index (χ3v) is 4.76. The van der Waals surface area contributed by atoms with Crippen molar-refractivity contribution in [3.05, 3.63) is 47.0 Å². The van der Waals surface area contributed by atoms with Gasteiger partial charge in [-0.2, -0.15) is 10.5 Å². The molecule has 0 radical (unpaired) electrons. The van der Waals surface area contributed by atoms with Crippen LogP contribution in [0.5, 0.6) is 0 Å². The molecule has 1 aromatic heterocycles. The second-order valence-electron chi connectivity index (χ2n) is 5.23. The van der Waals surface area contributed by atoms with Gasteiger partial charge in [-0.1, -0.05) is 42.1 Å². The van der Waals surface area contributed by atoms with Gasteiger partial charge in [-0.3, -0.25) is 0 Å². The van der Waals surface area contributed by atoms with Gasteiger partial charge in [0.1, 0.15) is 11.1 Å². The number of nitriles is 2. The van der Waals surface area contributed by atoms with E-state index >= 15 is 0 Å². The predicted octanol–water partition coefficient (Wildman–Crippen LogP) is 4.11. The van der Waals surface area contributed by atoms with E-state index in [1.54, 1.807) is 0 Å². The van der Waals surface area contributed by atoms with E-state index in [2.05, 4.69) is 24.3 Å². The lowest BCUT2D eigenvalue weighted by atomic mass is 9.86. The SMILES string of the molecule is N#CCSc1nc(-c2ccccc2)c2c(c1C#N)CCCC2. The summed E-state index contributed by atoms with van der Waals surface area (Å²) < 4.78 is 0. The summed E-state index contributed by atoms with van der Waals surface area (Å²) in [5, 5.41) is 19.1. The van der Waals surface area contributed by atoms with Gasteiger partial charge in [-0.05, 0) is 36.8 Å². The molecule has 0 fully saturated rings. The monoisotopic (exact) mass is 305 g/mol. The first-order valence-corrected chi connectivity index (χ1v) is 8.34. The van der Waals surface area contributed by atoms with Crippen LogP contribution < -0.4 is 0 Å². The van der Waals surface area contributed by atoms with Crippen molar-refractivity contribution in [2.45, 2.75) is 30.7 Å². The zero-order valence-electron chi connectivity index (χ0n) is 12.2. The first-order chi connectivity index (χ1) is 10.8. The standard InChI is InChI=1S/C18H15N3S/c19-10-11-22-18-16(12-20)14-8-4-5-9-15(14)17(21-18)13-6-2-1-3-7-13/h1-3,6-7H,4-5,8-9,11H2. The van der Waals surface area contributed by atoms with Crippen molar-refractivity contribution >= 4 is 11.8 Å². The molecule has 0 atom stereocenters. The van der Waals surface area contributed by atoms with Gasteiger partial charge in [0, 0.05) is 5.56 Å². The molecule has 0 saturated carbocycles. The Bertz CT molecular complexity index is 770. The number of fused-ring (bicyclic) bond motifs is 1. The van der Waals surface area contributed by atoms with Crippen molar-refractivity contribution in [2.75, 3.05) is 5.75 Å². The van der Waals surface area contributed by atoms with E-state index < -0.39 is 0 Å². The normalized spacial score (nSPS) is 13.0. The molecular formula is C18H15N3S. The number of nitrogens with zero attached hydrogens (tertiary/aromatic N) is 3. The fraction of sp³-hybridized carbons (Fsp3) is 0.278. The molecular weight excluding hydrogens is 290 g/mol. The van der Waals surface area contributed by atoms with E-state index in [0.717, 1.165) is 42.5 Å². The molecule has 0 aliphatic heterocycles. The Morgan fingerprint density at radius 3 is 2.45 bits per heavy atom. The fourth-order valence-electron chi connectivity index (χ4n) is 2.95. The van der Waals surface area contributed by atoms with Crippen LogP contribution in [0.4, 0.5) is 0 Å². The summed E-state index contributed by atoms with van der Waals surface area (Å²) in [6.07, 6.45) is 4.16. The van der Waals surface area contributed by atoms with Crippen LogP contribution in [0.3, 0.4) is 0 Å². The molecule has 1 aliphatic rings. The third kappa shape index (κ3) is 2.71. The molecule has 2 aromatic rings. The number of benzene rings is 1. The molecule has 108 valence electrons. The summed E-state index contributed by atoms with van der Waals surface area (Å²) in [7, 11) is 0. The average Bonchev–Trinajstić information content (AvgIpc) is 2.59. The Balaban J connectivity index is 2.21. The molecule has 0 saturated heterocycles. The number of thioether (sulfide) groups is 1. The van der Waals surface area contributed by atoms with Crippen molar-refractivity contribution in [1.29, 1.82) is 10.5 Å². The van der Waals surface area contributed by atoms with E-state index in [4.69, 9.17) is 10.2 Å². The highest BCUT2D eigenvalue weighted by molar-refractivity contribution is 7.99. The first kappa shape index (κ1) is 14.6. The Morgan fingerprint density at radius 1 is 1.05 bits per heavy atom. The molecule has 4 heteroatoms. The molecule has 0 N–H and O–H groups in total. The highest BCUT2D eigenvalue weighted by Crippen LogP contribution is 2.36. The van der Waals surface area contributed by atoms with Crippen LogP contribution in [0.25, 0.3) is 11.3 Å². The van der Waals surface area contributed by atoms with Gasteiger partial charge in [0.05, 0.1) is 23.1 Å². The fourth-order valence-corrected chi connectivity index (χ4v) is 3.62. The zero-order chi connectivity index (χ0) is 15.4. The lowest BCUT2D eigenvalue weighted by molar-refractivity contribution is 0.677. The molecule has 3 rings (SSSR count). The van der Waals surface area contributed by atoms with Crippen molar-refractivity contribution in [1.82, 2.24) is 4.98 Å². The summed E-state index contributed by atoms with van der Waals surface area (Å²) in [6.45, 7) is 0. The average molecular weight is 305 g/mol. The molecule has 0 bridgehead atoms. The number of hydrogen-bond acceptors (Lipinski definition) is 4. The van der Waals surface area contributed by atoms with Crippen LogP contribution in [0.1, 0.15) is 29.5 Å². The molecule has 0 unspecified atom stereocenters. The second kappa shape index (κ2) is 6.64. The van der Waals surface area contributed by atoms with Crippen LogP contribution in [-0.4, -0.2) is 10.7 Å². The summed E-state index contributed by atoms with van der Waals surface area (Å²) >= 11 is 1.36. The van der Waals surface area contributed by atoms with Gasteiger partial charge < -0.3 is 0 Å². The van der Waals surface area contributed by atoms with Gasteiger partial charge in [-0.25, -0.2) is 4.98 Å². The molecule has 1 aliphatic carbocycles. The minimum absolute atomic E-state index is 0.314. The topological polar surface area (TPSA) is 60.5 Å². The summed E-state index contributed by atoms with van der Waals surface area (Å²) in [5.41, 5.74) is 5.10. The molecule has 3 nitrogen and oxygen atoms in total. The van der Waals surface area contributed by atoms with Gasteiger partial charge in [0.25, 0.3) is 0 Å². The first-order valence-electron chi connectivity index (χ1n) is 7.36. The molecule has 1 heterocycles. The Kier molecular flexibility index (Phi) is 4.42. The smallest absolute Gasteiger partial charge is 0.116 e. The molecule has 0 spiro atoms. The van der Waals surface area contributed by atoms with Crippen LogP contribution in [0.15, 0.2) is 35.4 Å². The Labute approximate surface area is 134 Å². The predicted molar refractivity (Wildman–Crippen MR) is 87.4 cm³/mol. The molecule has 1 aromatic carbocycles.